The van der Waals surface area contributed by atoms with Crippen LogP contribution in [0.2, 0.25) is 0 Å². The van der Waals surface area contributed by atoms with Crippen LogP contribution in [0.3, 0.4) is 0 Å². The predicted octanol–water partition coefficient (Wildman–Crippen LogP) is 4.01. The van der Waals surface area contributed by atoms with Gasteiger partial charge in [-0.05, 0) is 11.1 Å². The highest BCUT2D eigenvalue weighted by atomic mass is 79.9. The van der Waals surface area contributed by atoms with Crippen molar-refractivity contribution >= 4 is 27.8 Å². The second-order valence-corrected chi connectivity index (χ2v) is 5.61. The van der Waals surface area contributed by atoms with Gasteiger partial charge in [-0.1, -0.05) is 76.6 Å². The molecular formula is C18H18BrNO3. The number of halogens is 1. The molecule has 120 valence electrons. The topological polar surface area (TPSA) is 55.4 Å². The molecule has 0 heterocycles. The number of carbonyl (C=O) groups is 2. The fourth-order valence-corrected chi connectivity index (χ4v) is 2.36. The van der Waals surface area contributed by atoms with Crippen molar-refractivity contribution in [3.8, 4) is 0 Å². The van der Waals surface area contributed by atoms with Crippen LogP contribution in [-0.2, 0) is 16.1 Å². The Morgan fingerprint density at radius 2 is 1.61 bits per heavy atom. The average Bonchev–Trinajstić information content (AvgIpc) is 2.61. The minimum atomic E-state index is -0.537. The lowest BCUT2D eigenvalue weighted by molar-refractivity contribution is -0.117. The van der Waals surface area contributed by atoms with Gasteiger partial charge < -0.3 is 10.1 Å². The summed E-state index contributed by atoms with van der Waals surface area (Å²) in [6, 6.07) is 18.4. The van der Waals surface area contributed by atoms with E-state index in [0.717, 1.165) is 11.1 Å². The first-order chi connectivity index (χ1) is 11.2. The van der Waals surface area contributed by atoms with E-state index in [0.29, 0.717) is 0 Å². The van der Waals surface area contributed by atoms with Crippen molar-refractivity contribution in [2.24, 2.45) is 0 Å². The molecule has 0 aliphatic carbocycles. The van der Waals surface area contributed by atoms with Crippen molar-refractivity contribution in [2.75, 3.05) is 5.33 Å². The molecule has 2 aromatic rings. The fraction of sp³-hybridized carbons (Fsp3) is 0.222. The highest BCUT2D eigenvalue weighted by Gasteiger charge is 2.18. The molecule has 0 saturated carbocycles. The van der Waals surface area contributed by atoms with Crippen LogP contribution < -0.4 is 5.32 Å². The molecule has 1 N–H and O–H groups in total. The number of ketones is 1. The summed E-state index contributed by atoms with van der Waals surface area (Å²) < 4.78 is 5.22. The Morgan fingerprint density at radius 1 is 1.00 bits per heavy atom. The minimum absolute atomic E-state index is 0.0159. The number of hydrogen-bond acceptors (Lipinski definition) is 3. The summed E-state index contributed by atoms with van der Waals surface area (Å²) >= 11 is 3.15. The molecule has 0 aliphatic heterocycles. The number of ether oxygens (including phenoxy) is 1. The van der Waals surface area contributed by atoms with Crippen LogP contribution in [0.4, 0.5) is 4.79 Å². The second-order valence-electron chi connectivity index (χ2n) is 5.05. The monoisotopic (exact) mass is 375 g/mol. The Hall–Kier alpha value is -2.14. The third-order valence-electron chi connectivity index (χ3n) is 3.29. The molecule has 0 aliphatic rings. The average molecular weight is 376 g/mol. The normalized spacial score (nSPS) is 11.5. The summed E-state index contributed by atoms with van der Waals surface area (Å²) in [5.74, 6) is 0.0159. The van der Waals surface area contributed by atoms with Gasteiger partial charge in [0.1, 0.15) is 12.4 Å². The van der Waals surface area contributed by atoms with E-state index in [-0.39, 0.29) is 24.1 Å². The Labute approximate surface area is 144 Å². The van der Waals surface area contributed by atoms with Gasteiger partial charge in [-0.3, -0.25) is 4.79 Å². The van der Waals surface area contributed by atoms with Crippen molar-refractivity contribution in [1.29, 1.82) is 0 Å². The van der Waals surface area contributed by atoms with Crippen molar-refractivity contribution in [1.82, 2.24) is 5.32 Å². The van der Waals surface area contributed by atoms with Gasteiger partial charge in [-0.2, -0.15) is 0 Å². The first-order valence-corrected chi connectivity index (χ1v) is 8.41. The SMILES string of the molecule is O=C(CBr)C[C@H](NC(=O)OCc1ccccc1)c1ccccc1. The molecule has 0 unspecified atom stereocenters. The fourth-order valence-electron chi connectivity index (χ4n) is 2.13. The summed E-state index contributed by atoms with van der Waals surface area (Å²) in [5, 5.41) is 3.03. The number of Topliss-reactive ketones (excluding diaryl/α,β-unsaturated/α-hetero) is 1. The van der Waals surface area contributed by atoms with Crippen LogP contribution in [0.5, 0.6) is 0 Å². The molecule has 0 radical (unpaired) electrons. The van der Waals surface area contributed by atoms with Crippen LogP contribution in [0.25, 0.3) is 0 Å². The van der Waals surface area contributed by atoms with Crippen LogP contribution in [-0.4, -0.2) is 17.2 Å². The zero-order chi connectivity index (χ0) is 16.5. The van der Waals surface area contributed by atoms with E-state index < -0.39 is 12.1 Å². The molecule has 4 nitrogen and oxygen atoms in total. The van der Waals surface area contributed by atoms with Gasteiger partial charge in [-0.15, -0.1) is 0 Å². The standard InChI is InChI=1S/C18H18BrNO3/c19-12-16(21)11-17(15-9-5-2-6-10-15)20-18(22)23-13-14-7-3-1-4-8-14/h1-10,17H,11-13H2,(H,20,22)/t17-/m0/s1. The largest absolute Gasteiger partial charge is 0.445 e. The lowest BCUT2D eigenvalue weighted by Crippen LogP contribution is -2.30. The van der Waals surface area contributed by atoms with E-state index in [1.54, 1.807) is 0 Å². The van der Waals surface area contributed by atoms with Crippen molar-refractivity contribution in [3.05, 3.63) is 71.8 Å². The molecule has 0 fully saturated rings. The highest BCUT2D eigenvalue weighted by molar-refractivity contribution is 9.09. The third-order valence-corrected chi connectivity index (χ3v) is 3.91. The summed E-state index contributed by atoms with van der Waals surface area (Å²) in [5.41, 5.74) is 1.79. The van der Waals surface area contributed by atoms with Gasteiger partial charge in [0.05, 0.1) is 11.4 Å². The zero-order valence-corrected chi connectivity index (χ0v) is 14.2. The lowest BCUT2D eigenvalue weighted by Gasteiger charge is -2.18. The molecule has 2 rings (SSSR count). The number of rotatable bonds is 7. The first-order valence-electron chi connectivity index (χ1n) is 7.29. The van der Waals surface area contributed by atoms with E-state index in [1.165, 1.54) is 0 Å². The van der Waals surface area contributed by atoms with Crippen molar-refractivity contribution in [2.45, 2.75) is 19.1 Å². The van der Waals surface area contributed by atoms with Gasteiger partial charge in [0, 0.05) is 6.42 Å². The molecule has 0 bridgehead atoms. The number of benzene rings is 2. The molecule has 23 heavy (non-hydrogen) atoms. The summed E-state index contributed by atoms with van der Waals surface area (Å²) in [6.07, 6.45) is -0.319. The van der Waals surface area contributed by atoms with Gasteiger partial charge >= 0.3 is 6.09 Å². The first kappa shape index (κ1) is 17.2. The van der Waals surface area contributed by atoms with Gasteiger partial charge in [0.25, 0.3) is 0 Å². The number of nitrogens with one attached hydrogen (secondary N) is 1. The van der Waals surface area contributed by atoms with Gasteiger partial charge in [-0.25, -0.2) is 4.79 Å². The minimum Gasteiger partial charge on any atom is -0.445 e. The maximum absolute atomic E-state index is 12.0. The number of alkyl carbamates (subject to hydrolysis) is 1. The van der Waals surface area contributed by atoms with Crippen LogP contribution in [0, 0.1) is 0 Å². The molecular weight excluding hydrogens is 358 g/mol. The lowest BCUT2D eigenvalue weighted by atomic mass is 10.0. The quantitative estimate of drug-likeness (QED) is 0.743. The predicted molar refractivity (Wildman–Crippen MR) is 92.4 cm³/mol. The number of carbonyl (C=O) groups excluding carboxylic acids is 2. The summed E-state index contributed by atoms with van der Waals surface area (Å²) in [7, 11) is 0. The van der Waals surface area contributed by atoms with Crippen molar-refractivity contribution in [3.63, 3.8) is 0 Å². The summed E-state index contributed by atoms with van der Waals surface area (Å²) in [6.45, 7) is 0.195. The molecule has 0 aromatic heterocycles. The number of amides is 1. The molecule has 2 aromatic carbocycles. The Kier molecular flexibility index (Phi) is 6.81. The smallest absolute Gasteiger partial charge is 0.407 e. The van der Waals surface area contributed by atoms with E-state index in [1.807, 2.05) is 60.7 Å². The van der Waals surface area contributed by atoms with Gasteiger partial charge in [0.15, 0.2) is 0 Å². The van der Waals surface area contributed by atoms with Gasteiger partial charge in [0.2, 0.25) is 0 Å². The van der Waals surface area contributed by atoms with Crippen LogP contribution >= 0.6 is 15.9 Å². The molecule has 1 atom stereocenters. The number of alkyl halides is 1. The Bertz CT molecular complexity index is 631. The van der Waals surface area contributed by atoms with E-state index in [9.17, 15) is 9.59 Å². The third kappa shape index (κ3) is 5.87. The van der Waals surface area contributed by atoms with Crippen LogP contribution in [0.15, 0.2) is 60.7 Å². The maximum Gasteiger partial charge on any atom is 0.407 e. The van der Waals surface area contributed by atoms with Crippen molar-refractivity contribution < 1.29 is 14.3 Å². The molecule has 0 saturated heterocycles. The molecule has 1 amide bonds. The van der Waals surface area contributed by atoms with E-state index in [4.69, 9.17) is 4.74 Å². The molecule has 5 heteroatoms. The van der Waals surface area contributed by atoms with E-state index >= 15 is 0 Å². The highest BCUT2D eigenvalue weighted by Crippen LogP contribution is 2.17. The number of hydrogen-bond donors (Lipinski definition) is 1. The second kappa shape index (κ2) is 9.10. The zero-order valence-electron chi connectivity index (χ0n) is 12.6. The Balaban J connectivity index is 1.96. The maximum atomic E-state index is 12.0. The molecule has 0 spiro atoms. The van der Waals surface area contributed by atoms with E-state index in [2.05, 4.69) is 21.2 Å². The Morgan fingerprint density at radius 3 is 2.22 bits per heavy atom. The summed E-state index contributed by atoms with van der Waals surface area (Å²) in [4.78, 5) is 23.7. The van der Waals surface area contributed by atoms with Crippen LogP contribution in [0.1, 0.15) is 23.6 Å².